The van der Waals surface area contributed by atoms with Gasteiger partial charge in [0.15, 0.2) is 0 Å². The Kier molecular flexibility index (Phi) is 4.42. The monoisotopic (exact) mass is 321 g/mol. The summed E-state index contributed by atoms with van der Waals surface area (Å²) in [6, 6.07) is 8.93. The van der Waals surface area contributed by atoms with E-state index in [9.17, 15) is 9.59 Å². The van der Waals surface area contributed by atoms with Crippen LogP contribution in [0.1, 0.15) is 22.3 Å². The predicted molar refractivity (Wildman–Crippen MR) is 94.3 cm³/mol. The first kappa shape index (κ1) is 15.9. The summed E-state index contributed by atoms with van der Waals surface area (Å²) in [6.45, 7) is 4.18. The number of pyridine rings is 1. The standard InChI is InChI=1S/C19H19N3O2/c1-3-18(23)21(2)16-8-6-14(7-9-16)19(24)22-12-4-5-15-13-20-11-10-17(15)22/h3,6-11,13H,1,4-5,12H2,2H3. The van der Waals surface area contributed by atoms with Crippen molar-refractivity contribution in [3.8, 4) is 0 Å². The molecule has 0 radical (unpaired) electrons. The molecule has 0 fully saturated rings. The number of hydrogen-bond acceptors (Lipinski definition) is 3. The third-order valence-electron chi connectivity index (χ3n) is 4.25. The van der Waals surface area contributed by atoms with Gasteiger partial charge in [-0.25, -0.2) is 0 Å². The Bertz CT molecular complexity index is 783. The van der Waals surface area contributed by atoms with Crippen molar-refractivity contribution in [3.05, 3.63) is 66.5 Å². The fourth-order valence-corrected chi connectivity index (χ4v) is 2.88. The van der Waals surface area contributed by atoms with Gasteiger partial charge in [0, 0.05) is 37.2 Å². The van der Waals surface area contributed by atoms with Crippen LogP contribution in [-0.2, 0) is 11.2 Å². The number of carbonyl (C=O) groups is 2. The fourth-order valence-electron chi connectivity index (χ4n) is 2.88. The Morgan fingerprint density at radius 3 is 2.71 bits per heavy atom. The smallest absolute Gasteiger partial charge is 0.258 e. The number of nitrogens with zero attached hydrogens (tertiary/aromatic N) is 3. The zero-order chi connectivity index (χ0) is 17.1. The quantitative estimate of drug-likeness (QED) is 0.817. The van der Waals surface area contributed by atoms with E-state index in [4.69, 9.17) is 0 Å². The number of aryl methyl sites for hydroxylation is 1. The van der Waals surface area contributed by atoms with E-state index in [1.54, 1.807) is 42.4 Å². The Labute approximate surface area is 141 Å². The summed E-state index contributed by atoms with van der Waals surface area (Å²) >= 11 is 0. The minimum Gasteiger partial charge on any atom is -0.312 e. The molecule has 2 heterocycles. The molecule has 0 spiro atoms. The molecule has 2 amide bonds. The Hall–Kier alpha value is -2.95. The van der Waals surface area contributed by atoms with E-state index in [2.05, 4.69) is 11.6 Å². The van der Waals surface area contributed by atoms with Gasteiger partial charge in [0.1, 0.15) is 0 Å². The van der Waals surface area contributed by atoms with Crippen LogP contribution < -0.4 is 9.80 Å². The number of amides is 2. The van der Waals surface area contributed by atoms with Crippen molar-refractivity contribution in [2.45, 2.75) is 12.8 Å². The van der Waals surface area contributed by atoms with Gasteiger partial charge in [-0.1, -0.05) is 6.58 Å². The van der Waals surface area contributed by atoms with Crippen molar-refractivity contribution in [2.75, 3.05) is 23.4 Å². The zero-order valence-corrected chi connectivity index (χ0v) is 13.6. The van der Waals surface area contributed by atoms with E-state index in [-0.39, 0.29) is 11.8 Å². The van der Waals surface area contributed by atoms with Gasteiger partial charge in [-0.3, -0.25) is 14.6 Å². The SMILES string of the molecule is C=CC(=O)N(C)c1ccc(C(=O)N2CCCc3cnccc32)cc1. The second-order valence-corrected chi connectivity index (χ2v) is 5.71. The molecule has 5 heteroatoms. The van der Waals surface area contributed by atoms with Gasteiger partial charge in [-0.15, -0.1) is 0 Å². The number of hydrogen-bond donors (Lipinski definition) is 0. The van der Waals surface area contributed by atoms with Crippen molar-refractivity contribution < 1.29 is 9.59 Å². The molecule has 1 aromatic heterocycles. The molecule has 2 aromatic rings. The van der Waals surface area contributed by atoms with Crippen LogP contribution in [0.3, 0.4) is 0 Å². The Morgan fingerprint density at radius 2 is 2.00 bits per heavy atom. The minimum atomic E-state index is -0.188. The lowest BCUT2D eigenvalue weighted by Crippen LogP contribution is -2.35. The maximum atomic E-state index is 12.8. The number of fused-ring (bicyclic) bond motifs is 1. The van der Waals surface area contributed by atoms with E-state index in [0.717, 1.165) is 29.8 Å². The van der Waals surface area contributed by atoms with Crippen molar-refractivity contribution in [1.82, 2.24) is 4.98 Å². The highest BCUT2D eigenvalue weighted by atomic mass is 16.2. The average Bonchev–Trinajstić information content (AvgIpc) is 2.66. The molecular weight excluding hydrogens is 302 g/mol. The van der Waals surface area contributed by atoms with E-state index in [1.807, 2.05) is 12.3 Å². The van der Waals surface area contributed by atoms with Gasteiger partial charge in [0.05, 0.1) is 5.69 Å². The van der Waals surface area contributed by atoms with E-state index in [1.165, 1.54) is 11.0 Å². The molecule has 0 saturated carbocycles. The second-order valence-electron chi connectivity index (χ2n) is 5.71. The molecule has 0 unspecified atom stereocenters. The zero-order valence-electron chi connectivity index (χ0n) is 13.6. The first-order chi connectivity index (χ1) is 11.6. The molecule has 1 aliphatic rings. The van der Waals surface area contributed by atoms with Gasteiger partial charge in [-0.05, 0) is 54.8 Å². The molecular formula is C19H19N3O2. The van der Waals surface area contributed by atoms with Gasteiger partial charge < -0.3 is 9.80 Å². The number of benzene rings is 1. The maximum absolute atomic E-state index is 12.8. The lowest BCUT2D eigenvalue weighted by molar-refractivity contribution is -0.113. The average molecular weight is 321 g/mol. The van der Waals surface area contributed by atoms with Crippen molar-refractivity contribution in [2.24, 2.45) is 0 Å². The number of rotatable bonds is 3. The highest BCUT2D eigenvalue weighted by Crippen LogP contribution is 2.27. The highest BCUT2D eigenvalue weighted by molar-refractivity contribution is 6.07. The van der Waals surface area contributed by atoms with Crippen LogP contribution in [-0.4, -0.2) is 30.4 Å². The summed E-state index contributed by atoms with van der Waals surface area (Å²) in [5, 5.41) is 0. The molecule has 3 rings (SSSR count). The third kappa shape index (κ3) is 2.93. The van der Waals surface area contributed by atoms with E-state index in [0.29, 0.717) is 12.1 Å². The molecule has 0 atom stereocenters. The lowest BCUT2D eigenvalue weighted by atomic mass is 10.0. The summed E-state index contributed by atoms with van der Waals surface area (Å²) in [6.07, 6.45) is 6.67. The van der Waals surface area contributed by atoms with Crippen LogP contribution in [0.2, 0.25) is 0 Å². The van der Waals surface area contributed by atoms with Crippen molar-refractivity contribution >= 4 is 23.2 Å². The van der Waals surface area contributed by atoms with Gasteiger partial charge in [-0.2, -0.15) is 0 Å². The summed E-state index contributed by atoms with van der Waals surface area (Å²) in [5.74, 6) is -0.224. The lowest BCUT2D eigenvalue weighted by Gasteiger charge is -2.29. The van der Waals surface area contributed by atoms with Crippen LogP contribution in [0.25, 0.3) is 0 Å². The van der Waals surface area contributed by atoms with Crippen molar-refractivity contribution in [1.29, 1.82) is 0 Å². The predicted octanol–water partition coefficient (Wildman–Crippen LogP) is 2.82. The molecule has 122 valence electrons. The minimum absolute atomic E-state index is 0.0357. The number of anilines is 2. The normalized spacial score (nSPS) is 13.1. The Balaban J connectivity index is 1.84. The molecule has 0 saturated heterocycles. The first-order valence-corrected chi connectivity index (χ1v) is 7.87. The molecule has 1 aromatic carbocycles. The van der Waals surface area contributed by atoms with Gasteiger partial charge >= 0.3 is 0 Å². The molecule has 5 nitrogen and oxygen atoms in total. The molecule has 0 bridgehead atoms. The molecule has 0 N–H and O–H groups in total. The van der Waals surface area contributed by atoms with Crippen molar-refractivity contribution in [3.63, 3.8) is 0 Å². The van der Waals surface area contributed by atoms with Crippen LogP contribution in [0, 0.1) is 0 Å². The number of likely N-dealkylation sites (N-methyl/N-ethyl adjacent to an activating group) is 1. The molecule has 0 aliphatic carbocycles. The summed E-state index contributed by atoms with van der Waals surface area (Å²) in [4.78, 5) is 31.9. The maximum Gasteiger partial charge on any atom is 0.258 e. The topological polar surface area (TPSA) is 53.5 Å². The van der Waals surface area contributed by atoms with E-state index >= 15 is 0 Å². The van der Waals surface area contributed by atoms with Crippen LogP contribution in [0.5, 0.6) is 0 Å². The summed E-state index contributed by atoms with van der Waals surface area (Å²) < 4.78 is 0. The highest BCUT2D eigenvalue weighted by Gasteiger charge is 2.23. The third-order valence-corrected chi connectivity index (χ3v) is 4.25. The van der Waals surface area contributed by atoms with Crippen LogP contribution in [0.4, 0.5) is 11.4 Å². The first-order valence-electron chi connectivity index (χ1n) is 7.87. The van der Waals surface area contributed by atoms with Crippen LogP contribution >= 0.6 is 0 Å². The number of carbonyl (C=O) groups excluding carboxylic acids is 2. The fraction of sp³-hybridized carbons (Fsp3) is 0.211. The van der Waals surface area contributed by atoms with Crippen LogP contribution in [0.15, 0.2) is 55.4 Å². The van der Waals surface area contributed by atoms with E-state index < -0.39 is 0 Å². The van der Waals surface area contributed by atoms with Gasteiger partial charge in [0.25, 0.3) is 5.91 Å². The Morgan fingerprint density at radius 1 is 1.25 bits per heavy atom. The second kappa shape index (κ2) is 6.66. The summed E-state index contributed by atoms with van der Waals surface area (Å²) in [7, 11) is 1.68. The molecule has 1 aliphatic heterocycles. The summed E-state index contributed by atoms with van der Waals surface area (Å²) in [5.41, 5.74) is 3.36. The largest absolute Gasteiger partial charge is 0.312 e. The molecule has 24 heavy (non-hydrogen) atoms. The number of aromatic nitrogens is 1. The van der Waals surface area contributed by atoms with Gasteiger partial charge in [0.2, 0.25) is 5.91 Å².